The molecule has 0 N–H and O–H groups in total. The normalized spacial score (nSPS) is 8.42. The highest BCUT2D eigenvalue weighted by Crippen LogP contribution is 2.11. The van der Waals surface area contributed by atoms with E-state index in [9.17, 15) is 0 Å². The lowest BCUT2D eigenvalue weighted by Crippen LogP contribution is -1.91. The van der Waals surface area contributed by atoms with E-state index < -0.39 is 0 Å². The van der Waals surface area contributed by atoms with E-state index in [1.165, 1.54) is 16.3 Å². The van der Waals surface area contributed by atoms with Crippen LogP contribution in [-0.4, -0.2) is 9.97 Å². The van der Waals surface area contributed by atoms with Crippen LogP contribution in [0.15, 0.2) is 23.3 Å². The Hall–Kier alpha value is -0.740. The van der Waals surface area contributed by atoms with Crippen LogP contribution in [0.3, 0.4) is 0 Å². The fraction of sp³-hybridized carbons (Fsp3) is 0.700. The predicted molar refractivity (Wildman–Crippen MR) is 117 cm³/mol. The van der Waals surface area contributed by atoms with E-state index in [2.05, 4.69) is 37.7 Å². The van der Waals surface area contributed by atoms with Gasteiger partial charge in [0, 0.05) is 29.1 Å². The molecule has 4 heteroatoms. The van der Waals surface area contributed by atoms with Crippen LogP contribution >= 0.6 is 22.7 Å². The fourth-order valence-corrected chi connectivity index (χ4v) is 3.09. The van der Waals surface area contributed by atoms with Gasteiger partial charge in [-0.3, -0.25) is 4.98 Å². The molecule has 0 saturated carbocycles. The number of hydrogen-bond acceptors (Lipinski definition) is 4. The summed E-state index contributed by atoms with van der Waals surface area (Å²) in [6.07, 6.45) is 6.11. The molecule has 0 bridgehead atoms. The second kappa shape index (κ2) is 22.3. The lowest BCUT2D eigenvalue weighted by Gasteiger charge is -1.97. The van der Waals surface area contributed by atoms with Crippen LogP contribution in [0.5, 0.6) is 0 Å². The van der Waals surface area contributed by atoms with E-state index in [0.717, 1.165) is 18.3 Å². The first-order chi connectivity index (χ1) is 10.6. The lowest BCUT2D eigenvalue weighted by atomic mass is 10.1. The van der Waals surface area contributed by atoms with Gasteiger partial charge in [0.25, 0.3) is 0 Å². The quantitative estimate of drug-likeness (QED) is 0.541. The zero-order valence-electron chi connectivity index (χ0n) is 15.6. The highest BCUT2D eigenvalue weighted by molar-refractivity contribution is 7.09. The minimum Gasteiger partial charge on any atom is -0.253 e. The monoisotopic (exact) mass is 374 g/mol. The SMILES string of the molecule is C.C.CC.CC.CC(C)Cc1cncs1.CC(C)Cc1nccs1. The second-order valence-corrected chi connectivity index (χ2v) is 7.04. The Bertz CT molecular complexity index is 353. The molecule has 144 valence electrons. The van der Waals surface area contributed by atoms with Crippen molar-refractivity contribution >= 4 is 22.7 Å². The molecule has 0 spiro atoms. The molecule has 2 aromatic rings. The molecule has 2 rings (SSSR count). The van der Waals surface area contributed by atoms with Crippen molar-refractivity contribution in [2.75, 3.05) is 0 Å². The van der Waals surface area contributed by atoms with E-state index >= 15 is 0 Å². The van der Waals surface area contributed by atoms with E-state index in [0.29, 0.717) is 0 Å². The van der Waals surface area contributed by atoms with Gasteiger partial charge in [-0.15, -0.1) is 22.7 Å². The molecule has 0 radical (unpaired) electrons. The zero-order chi connectivity index (χ0) is 17.4. The Morgan fingerprint density at radius 1 is 0.875 bits per heavy atom. The van der Waals surface area contributed by atoms with Crippen molar-refractivity contribution in [2.45, 2.75) is 83.1 Å². The molecule has 0 aromatic carbocycles. The van der Waals surface area contributed by atoms with Crippen molar-refractivity contribution in [1.82, 2.24) is 9.97 Å². The van der Waals surface area contributed by atoms with Gasteiger partial charge in [-0.05, 0) is 18.3 Å². The fourth-order valence-electron chi connectivity index (χ4n) is 1.45. The minimum atomic E-state index is 0. The van der Waals surface area contributed by atoms with Crippen LogP contribution in [0, 0.1) is 11.8 Å². The summed E-state index contributed by atoms with van der Waals surface area (Å²) in [6, 6.07) is 0. The molecule has 0 aliphatic carbocycles. The van der Waals surface area contributed by atoms with Crippen LogP contribution < -0.4 is 0 Å². The Labute approximate surface area is 160 Å². The highest BCUT2D eigenvalue weighted by atomic mass is 32.1. The highest BCUT2D eigenvalue weighted by Gasteiger charge is 1.98. The summed E-state index contributed by atoms with van der Waals surface area (Å²) in [5.41, 5.74) is 1.89. The molecule has 0 saturated heterocycles. The summed E-state index contributed by atoms with van der Waals surface area (Å²) >= 11 is 3.48. The van der Waals surface area contributed by atoms with Gasteiger partial charge in [0.1, 0.15) is 0 Å². The van der Waals surface area contributed by atoms with Gasteiger partial charge in [-0.25, -0.2) is 4.98 Å². The van der Waals surface area contributed by atoms with E-state index in [1.54, 1.807) is 22.7 Å². The molecule has 2 heterocycles. The van der Waals surface area contributed by atoms with Gasteiger partial charge in [0.15, 0.2) is 0 Å². The van der Waals surface area contributed by atoms with Crippen LogP contribution in [0.4, 0.5) is 0 Å². The second-order valence-electron chi connectivity index (χ2n) is 5.09. The molecule has 0 atom stereocenters. The van der Waals surface area contributed by atoms with Crippen molar-refractivity contribution in [1.29, 1.82) is 0 Å². The summed E-state index contributed by atoms with van der Waals surface area (Å²) in [4.78, 5) is 9.56. The van der Waals surface area contributed by atoms with Gasteiger partial charge < -0.3 is 0 Å². The molecule has 2 nitrogen and oxygen atoms in total. The largest absolute Gasteiger partial charge is 0.253 e. The third-order valence-corrected chi connectivity index (χ3v) is 3.76. The van der Waals surface area contributed by atoms with Crippen molar-refractivity contribution in [3.05, 3.63) is 33.2 Å². The van der Waals surface area contributed by atoms with Gasteiger partial charge in [-0.2, -0.15) is 0 Å². The third kappa shape index (κ3) is 19.3. The predicted octanol–water partition coefficient (Wildman–Crippen LogP) is 8.01. The van der Waals surface area contributed by atoms with Crippen molar-refractivity contribution in [3.8, 4) is 0 Å². The van der Waals surface area contributed by atoms with Crippen LogP contribution in [0.25, 0.3) is 0 Å². The van der Waals surface area contributed by atoms with Crippen molar-refractivity contribution < 1.29 is 0 Å². The van der Waals surface area contributed by atoms with E-state index in [1.807, 2.05) is 51.0 Å². The third-order valence-electron chi connectivity index (χ3n) is 2.16. The Balaban J connectivity index is -0.000000129. The Morgan fingerprint density at radius 2 is 1.42 bits per heavy atom. The first kappa shape index (κ1) is 31.1. The maximum atomic E-state index is 4.17. The average molecular weight is 375 g/mol. The summed E-state index contributed by atoms with van der Waals surface area (Å²) in [5, 5.41) is 3.28. The van der Waals surface area contributed by atoms with Gasteiger partial charge >= 0.3 is 0 Å². The zero-order valence-corrected chi connectivity index (χ0v) is 17.2. The van der Waals surface area contributed by atoms with Crippen LogP contribution in [-0.2, 0) is 12.8 Å². The number of nitrogens with zero attached hydrogens (tertiary/aromatic N) is 2. The summed E-state index contributed by atoms with van der Waals surface area (Å²) in [6.45, 7) is 16.9. The summed E-state index contributed by atoms with van der Waals surface area (Å²) in [7, 11) is 0. The molecule has 0 aliphatic heterocycles. The molecule has 2 aromatic heterocycles. The van der Waals surface area contributed by atoms with E-state index in [4.69, 9.17) is 0 Å². The number of aromatic nitrogens is 2. The number of rotatable bonds is 4. The van der Waals surface area contributed by atoms with Crippen LogP contribution in [0.2, 0.25) is 0 Å². The molecule has 0 fully saturated rings. The van der Waals surface area contributed by atoms with Crippen LogP contribution in [0.1, 0.15) is 80.1 Å². The molecule has 0 aliphatic rings. The van der Waals surface area contributed by atoms with E-state index in [-0.39, 0.29) is 14.9 Å². The van der Waals surface area contributed by atoms with Gasteiger partial charge in [0.05, 0.1) is 10.5 Å². The number of hydrogen-bond donors (Lipinski definition) is 0. The minimum absolute atomic E-state index is 0. The Morgan fingerprint density at radius 3 is 1.75 bits per heavy atom. The van der Waals surface area contributed by atoms with Gasteiger partial charge in [0.2, 0.25) is 0 Å². The first-order valence-corrected chi connectivity index (χ1v) is 10.1. The summed E-state index contributed by atoms with van der Waals surface area (Å²) in [5.74, 6) is 1.49. The lowest BCUT2D eigenvalue weighted by molar-refractivity contribution is 0.644. The standard InChI is InChI=1S/2C7H11NS.2C2H6.2CH4/c1-6(2)3-7-4-8-5-9-7;1-6(2)5-7-8-3-4-9-7;2*1-2;;/h4-6H,3H2,1-2H3;3-4,6H,5H2,1-2H3;2*1-2H3;2*1H4. The average Bonchev–Trinajstić information content (AvgIpc) is 3.17. The topological polar surface area (TPSA) is 25.8 Å². The molecule has 0 unspecified atom stereocenters. The Kier molecular flexibility index (Phi) is 28.8. The number of thiazole rings is 2. The molecule has 0 amide bonds. The van der Waals surface area contributed by atoms with Crippen molar-refractivity contribution in [3.63, 3.8) is 0 Å². The molecular formula is C20H42N2S2. The summed E-state index contributed by atoms with van der Waals surface area (Å²) < 4.78 is 0. The molecular weight excluding hydrogens is 332 g/mol. The maximum Gasteiger partial charge on any atom is 0.0927 e. The smallest absolute Gasteiger partial charge is 0.0927 e. The van der Waals surface area contributed by atoms with Crippen molar-refractivity contribution in [2.24, 2.45) is 11.8 Å². The van der Waals surface area contributed by atoms with Gasteiger partial charge in [-0.1, -0.05) is 70.2 Å². The molecule has 24 heavy (non-hydrogen) atoms. The first-order valence-electron chi connectivity index (χ1n) is 8.33. The maximum absolute atomic E-state index is 4.17.